The Bertz CT molecular complexity index is 437. The van der Waals surface area contributed by atoms with Crippen molar-refractivity contribution in [1.82, 2.24) is 4.98 Å². The fourth-order valence-electron chi connectivity index (χ4n) is 1.65. The summed E-state index contributed by atoms with van der Waals surface area (Å²) >= 11 is 3.40. The monoisotopic (exact) mass is 268 g/mol. The Morgan fingerprint density at radius 2 is 2.33 bits per heavy atom. The van der Waals surface area contributed by atoms with Gasteiger partial charge in [0.2, 0.25) is 6.08 Å². The van der Waals surface area contributed by atoms with Crippen molar-refractivity contribution in [1.29, 1.82) is 0 Å². The van der Waals surface area contributed by atoms with Crippen LogP contribution in [0.3, 0.4) is 0 Å². The molecule has 0 amide bonds. The molecule has 4 nitrogen and oxygen atoms in total. The van der Waals surface area contributed by atoms with Crippen molar-refractivity contribution in [3.8, 4) is 5.75 Å². The van der Waals surface area contributed by atoms with E-state index in [1.54, 1.807) is 25.6 Å². The highest BCUT2D eigenvalue weighted by atomic mass is 79.9. The molecule has 0 unspecified atom stereocenters. The standard InChI is InChI=1S/C10H9BrN2O2/c1-15-8-5-12-4-7(11)9(8)10(2-3-10)13-6-14/h4-5H,2-3H2,1H3. The molecule has 0 saturated heterocycles. The lowest BCUT2D eigenvalue weighted by atomic mass is 10.1. The zero-order valence-electron chi connectivity index (χ0n) is 8.16. The van der Waals surface area contributed by atoms with Crippen LogP contribution < -0.4 is 4.74 Å². The molecule has 0 spiro atoms. The summed E-state index contributed by atoms with van der Waals surface area (Å²) < 4.78 is 6.03. The first kappa shape index (κ1) is 10.3. The number of methoxy groups -OCH3 is 1. The molecule has 1 saturated carbocycles. The first-order valence-electron chi connectivity index (χ1n) is 4.50. The molecule has 78 valence electrons. The van der Waals surface area contributed by atoms with E-state index in [1.807, 2.05) is 0 Å². The minimum absolute atomic E-state index is 0.436. The maximum absolute atomic E-state index is 10.4. The fourth-order valence-corrected chi connectivity index (χ4v) is 2.33. The Morgan fingerprint density at radius 3 is 2.87 bits per heavy atom. The third-order valence-electron chi connectivity index (χ3n) is 2.53. The lowest BCUT2D eigenvalue weighted by Gasteiger charge is -2.14. The number of aliphatic imine (C=N–C) groups is 1. The number of aromatic nitrogens is 1. The number of halogens is 1. The minimum atomic E-state index is -0.436. The number of ether oxygens (including phenoxy) is 1. The van der Waals surface area contributed by atoms with Gasteiger partial charge in [-0.2, -0.15) is 4.99 Å². The highest BCUT2D eigenvalue weighted by Gasteiger charge is 2.48. The zero-order valence-corrected chi connectivity index (χ0v) is 9.74. The highest BCUT2D eigenvalue weighted by Crippen LogP contribution is 2.54. The Labute approximate surface area is 95.5 Å². The van der Waals surface area contributed by atoms with Crippen molar-refractivity contribution in [2.45, 2.75) is 18.4 Å². The van der Waals surface area contributed by atoms with Crippen LogP contribution in [0.25, 0.3) is 0 Å². The third kappa shape index (κ3) is 1.68. The Hall–Kier alpha value is -1.19. The first-order valence-corrected chi connectivity index (χ1v) is 5.30. The molecule has 0 aromatic carbocycles. The molecule has 5 heteroatoms. The van der Waals surface area contributed by atoms with Crippen molar-refractivity contribution in [3.05, 3.63) is 22.4 Å². The molecule has 1 heterocycles. The molecule has 1 fully saturated rings. The summed E-state index contributed by atoms with van der Waals surface area (Å²) in [7, 11) is 1.58. The average Bonchev–Trinajstić information content (AvgIpc) is 2.98. The second-order valence-electron chi connectivity index (χ2n) is 3.43. The van der Waals surface area contributed by atoms with Crippen molar-refractivity contribution < 1.29 is 9.53 Å². The van der Waals surface area contributed by atoms with Gasteiger partial charge in [-0.15, -0.1) is 0 Å². The lowest BCUT2D eigenvalue weighted by molar-refractivity contribution is 0.401. The summed E-state index contributed by atoms with van der Waals surface area (Å²) in [5.41, 5.74) is 0.456. The molecule has 0 atom stereocenters. The number of hydrogen-bond acceptors (Lipinski definition) is 4. The highest BCUT2D eigenvalue weighted by molar-refractivity contribution is 9.10. The van der Waals surface area contributed by atoms with Crippen LogP contribution in [-0.4, -0.2) is 18.2 Å². The fraction of sp³-hybridized carbons (Fsp3) is 0.400. The Balaban J connectivity index is 2.56. The van der Waals surface area contributed by atoms with Gasteiger partial charge in [0.25, 0.3) is 0 Å². The topological polar surface area (TPSA) is 51.6 Å². The smallest absolute Gasteiger partial charge is 0.235 e. The second-order valence-corrected chi connectivity index (χ2v) is 4.29. The Morgan fingerprint density at radius 1 is 1.60 bits per heavy atom. The first-order chi connectivity index (χ1) is 7.23. The molecular formula is C10H9BrN2O2. The van der Waals surface area contributed by atoms with Crippen LogP contribution in [0.2, 0.25) is 0 Å². The van der Waals surface area contributed by atoms with Gasteiger partial charge in [-0.25, -0.2) is 4.79 Å². The second kappa shape index (κ2) is 3.76. The van der Waals surface area contributed by atoms with Crippen LogP contribution in [0, 0.1) is 0 Å². The van der Waals surface area contributed by atoms with Gasteiger partial charge in [0, 0.05) is 16.2 Å². The number of rotatable bonds is 3. The van der Waals surface area contributed by atoms with E-state index in [1.165, 1.54) is 0 Å². The molecule has 0 radical (unpaired) electrons. The van der Waals surface area contributed by atoms with E-state index in [4.69, 9.17) is 4.74 Å². The van der Waals surface area contributed by atoms with Crippen molar-refractivity contribution in [2.24, 2.45) is 4.99 Å². The van der Waals surface area contributed by atoms with E-state index >= 15 is 0 Å². The summed E-state index contributed by atoms with van der Waals surface area (Å²) in [6.07, 6.45) is 6.63. The molecule has 2 rings (SSSR count). The number of nitrogens with zero attached hydrogens (tertiary/aromatic N) is 2. The van der Waals surface area contributed by atoms with Gasteiger partial charge >= 0.3 is 0 Å². The van der Waals surface area contributed by atoms with Gasteiger partial charge < -0.3 is 4.74 Å². The largest absolute Gasteiger partial charge is 0.495 e. The van der Waals surface area contributed by atoms with E-state index in [0.717, 1.165) is 22.9 Å². The van der Waals surface area contributed by atoms with E-state index in [2.05, 4.69) is 25.9 Å². The van der Waals surface area contributed by atoms with Gasteiger partial charge in [-0.1, -0.05) is 0 Å². The van der Waals surface area contributed by atoms with Crippen LogP contribution in [0.1, 0.15) is 18.4 Å². The predicted octanol–water partition coefficient (Wildman–Crippen LogP) is 2.18. The molecule has 0 N–H and O–H groups in total. The molecule has 1 aliphatic carbocycles. The van der Waals surface area contributed by atoms with Gasteiger partial charge in [0.15, 0.2) is 0 Å². The van der Waals surface area contributed by atoms with Crippen LogP contribution in [0.15, 0.2) is 21.9 Å². The molecule has 1 aromatic rings. The van der Waals surface area contributed by atoms with E-state index in [0.29, 0.717) is 5.75 Å². The molecule has 1 aliphatic rings. The number of pyridine rings is 1. The molecule has 0 bridgehead atoms. The van der Waals surface area contributed by atoms with Gasteiger partial charge in [-0.3, -0.25) is 4.98 Å². The van der Waals surface area contributed by atoms with Crippen LogP contribution in [0.5, 0.6) is 5.75 Å². The SMILES string of the molecule is COc1cncc(Br)c1C1(N=C=O)CC1. The number of carbonyl (C=O) groups excluding carboxylic acids is 1. The van der Waals surface area contributed by atoms with Crippen molar-refractivity contribution in [2.75, 3.05) is 7.11 Å². The summed E-state index contributed by atoms with van der Waals surface area (Å²) in [5.74, 6) is 0.654. The van der Waals surface area contributed by atoms with Crippen molar-refractivity contribution >= 4 is 22.0 Å². The summed E-state index contributed by atoms with van der Waals surface area (Å²) in [4.78, 5) is 18.3. The number of isocyanates is 1. The normalized spacial score (nSPS) is 16.7. The number of hydrogen-bond donors (Lipinski definition) is 0. The van der Waals surface area contributed by atoms with Crippen LogP contribution >= 0.6 is 15.9 Å². The van der Waals surface area contributed by atoms with E-state index in [9.17, 15) is 4.79 Å². The average molecular weight is 269 g/mol. The minimum Gasteiger partial charge on any atom is -0.495 e. The summed E-state index contributed by atoms with van der Waals surface area (Å²) in [5, 5.41) is 0. The van der Waals surface area contributed by atoms with Gasteiger partial charge in [0.05, 0.1) is 13.3 Å². The maximum atomic E-state index is 10.4. The van der Waals surface area contributed by atoms with E-state index in [-0.39, 0.29) is 0 Å². The lowest BCUT2D eigenvalue weighted by Crippen LogP contribution is -2.06. The van der Waals surface area contributed by atoms with Crippen LogP contribution in [0.4, 0.5) is 0 Å². The quantitative estimate of drug-likeness (QED) is 0.624. The maximum Gasteiger partial charge on any atom is 0.235 e. The molecule has 15 heavy (non-hydrogen) atoms. The summed E-state index contributed by atoms with van der Waals surface area (Å²) in [6.45, 7) is 0. The van der Waals surface area contributed by atoms with Crippen LogP contribution in [-0.2, 0) is 10.3 Å². The summed E-state index contributed by atoms with van der Waals surface area (Å²) in [6, 6.07) is 0. The molecule has 0 aliphatic heterocycles. The molecular weight excluding hydrogens is 260 g/mol. The zero-order chi connectivity index (χ0) is 10.9. The van der Waals surface area contributed by atoms with Gasteiger partial charge in [-0.05, 0) is 28.8 Å². The van der Waals surface area contributed by atoms with Gasteiger partial charge in [0.1, 0.15) is 11.3 Å². The molecule has 1 aromatic heterocycles. The van der Waals surface area contributed by atoms with E-state index < -0.39 is 5.54 Å². The van der Waals surface area contributed by atoms with Crippen molar-refractivity contribution in [3.63, 3.8) is 0 Å². The predicted molar refractivity (Wildman–Crippen MR) is 57.5 cm³/mol. The third-order valence-corrected chi connectivity index (χ3v) is 3.13. The Kier molecular flexibility index (Phi) is 2.59.